The highest BCUT2D eigenvalue weighted by Crippen LogP contribution is 2.40. The highest BCUT2D eigenvalue weighted by Gasteiger charge is 2.30. The minimum absolute atomic E-state index is 0.00201. The van der Waals surface area contributed by atoms with Gasteiger partial charge in [-0.3, -0.25) is 4.79 Å². The predicted molar refractivity (Wildman–Crippen MR) is 203 cm³/mol. The van der Waals surface area contributed by atoms with Gasteiger partial charge in [-0.15, -0.1) is 0 Å². The van der Waals surface area contributed by atoms with Crippen LogP contribution < -0.4 is 0 Å². The molecule has 0 N–H and O–H groups in total. The standard InChI is InChI=1S/C23H27FO4S.C20H21FO3S/c1-23(2,3)28-21(25)13-12-16-8-7-9-17-14-19(15-20(24)22(16)17)29(26,27)18-10-5-4-6-11-18;1-14(22)10-11-15-6-5-7-16-12-18(13-19(21)20(15)16)25(23,24)17-8-3-2-4-9-17/h4-6,10-11,14-16H,7-9,12-13H2,1-3H3;2-4,8-9,12-13,15H,5-7,10-11H2,1H3/t16-;15-/m00/s1. The summed E-state index contributed by atoms with van der Waals surface area (Å²) in [6.45, 7) is 6.98. The number of benzene rings is 4. The van der Waals surface area contributed by atoms with Gasteiger partial charge in [0.2, 0.25) is 19.7 Å². The van der Waals surface area contributed by atoms with Crippen molar-refractivity contribution in [3.63, 3.8) is 0 Å². The molecule has 288 valence electrons. The summed E-state index contributed by atoms with van der Waals surface area (Å²) in [7, 11) is -7.50. The van der Waals surface area contributed by atoms with E-state index < -0.39 is 36.9 Å². The lowest BCUT2D eigenvalue weighted by Gasteiger charge is -2.27. The monoisotopic (exact) mass is 778 g/mol. The minimum atomic E-state index is -3.77. The number of rotatable bonds is 10. The van der Waals surface area contributed by atoms with Crippen LogP contribution in [-0.2, 0) is 46.8 Å². The normalized spacial score (nSPS) is 17.0. The van der Waals surface area contributed by atoms with Gasteiger partial charge in [0.1, 0.15) is 23.0 Å². The fourth-order valence-electron chi connectivity index (χ4n) is 7.41. The molecule has 6 rings (SSSR count). The number of fused-ring (bicyclic) bond motifs is 2. The van der Waals surface area contributed by atoms with Crippen molar-refractivity contribution in [3.8, 4) is 0 Å². The average molecular weight is 779 g/mol. The molecule has 4 aromatic rings. The Bertz CT molecular complexity index is 2200. The van der Waals surface area contributed by atoms with E-state index in [1.54, 1.807) is 48.5 Å². The molecule has 4 aromatic carbocycles. The minimum Gasteiger partial charge on any atom is -0.460 e. The fraction of sp³-hybridized carbons (Fsp3) is 0.395. The van der Waals surface area contributed by atoms with Crippen LogP contribution >= 0.6 is 0 Å². The number of ketones is 1. The Balaban J connectivity index is 0.000000210. The number of sulfone groups is 2. The van der Waals surface area contributed by atoms with Crippen LogP contribution in [0.3, 0.4) is 0 Å². The molecular weight excluding hydrogens is 731 g/mol. The summed E-state index contributed by atoms with van der Waals surface area (Å²) in [5.41, 5.74) is 2.08. The summed E-state index contributed by atoms with van der Waals surface area (Å²) in [6, 6.07) is 21.6. The fourth-order valence-corrected chi connectivity index (χ4v) is 10.1. The van der Waals surface area contributed by atoms with Gasteiger partial charge in [-0.25, -0.2) is 25.6 Å². The second-order valence-electron chi connectivity index (χ2n) is 15.1. The molecule has 0 heterocycles. The lowest BCUT2D eigenvalue weighted by molar-refractivity contribution is -0.155. The highest BCUT2D eigenvalue weighted by molar-refractivity contribution is 7.91. The quantitative estimate of drug-likeness (QED) is 0.148. The zero-order valence-corrected chi connectivity index (χ0v) is 32.9. The van der Waals surface area contributed by atoms with E-state index in [2.05, 4.69) is 0 Å². The van der Waals surface area contributed by atoms with Gasteiger partial charge in [0.15, 0.2) is 0 Å². The zero-order valence-electron chi connectivity index (χ0n) is 31.2. The SMILES string of the molecule is CC(=O)CC[C@@H]1CCCc2cc(S(=O)(=O)c3ccccc3)cc(F)c21.CC(C)(C)OC(=O)CC[C@@H]1CCCc2cc(S(=O)(=O)c3ccccc3)cc(F)c21. The van der Waals surface area contributed by atoms with Crippen molar-refractivity contribution in [2.24, 2.45) is 0 Å². The third-order valence-corrected chi connectivity index (χ3v) is 13.4. The van der Waals surface area contributed by atoms with Crippen molar-refractivity contribution in [1.82, 2.24) is 0 Å². The van der Waals surface area contributed by atoms with Crippen molar-refractivity contribution >= 4 is 31.4 Å². The molecule has 54 heavy (non-hydrogen) atoms. The van der Waals surface area contributed by atoms with E-state index >= 15 is 4.39 Å². The van der Waals surface area contributed by atoms with Crippen LogP contribution in [0.5, 0.6) is 0 Å². The number of Topliss-reactive ketones (excluding diaryl/α,β-unsaturated/α-hetero) is 1. The summed E-state index contributed by atoms with van der Waals surface area (Å²) in [5.74, 6) is -1.31. The van der Waals surface area contributed by atoms with Gasteiger partial charge >= 0.3 is 5.97 Å². The first-order chi connectivity index (χ1) is 25.5. The van der Waals surface area contributed by atoms with Crippen molar-refractivity contribution in [3.05, 3.63) is 119 Å². The Morgan fingerprint density at radius 1 is 0.648 bits per heavy atom. The van der Waals surface area contributed by atoms with Crippen LogP contribution in [0.25, 0.3) is 0 Å². The second-order valence-corrected chi connectivity index (χ2v) is 19.0. The van der Waals surface area contributed by atoms with Crippen LogP contribution in [0, 0.1) is 11.6 Å². The molecule has 7 nitrogen and oxygen atoms in total. The molecule has 0 bridgehead atoms. The van der Waals surface area contributed by atoms with E-state index in [0.717, 1.165) is 48.9 Å². The third kappa shape index (κ3) is 9.90. The molecule has 0 aromatic heterocycles. The van der Waals surface area contributed by atoms with E-state index in [1.165, 1.54) is 31.2 Å². The number of ether oxygens (including phenoxy) is 1. The van der Waals surface area contributed by atoms with Crippen molar-refractivity contribution in [1.29, 1.82) is 0 Å². The smallest absolute Gasteiger partial charge is 0.306 e. The van der Waals surface area contributed by atoms with Gasteiger partial charge in [-0.2, -0.15) is 0 Å². The lowest BCUT2D eigenvalue weighted by Crippen LogP contribution is -2.24. The van der Waals surface area contributed by atoms with E-state index in [4.69, 9.17) is 4.74 Å². The van der Waals surface area contributed by atoms with Crippen molar-refractivity contribution in [2.75, 3.05) is 0 Å². The first-order valence-corrected chi connectivity index (χ1v) is 21.4. The average Bonchev–Trinajstić information content (AvgIpc) is 3.13. The molecule has 0 fully saturated rings. The topological polar surface area (TPSA) is 112 Å². The third-order valence-electron chi connectivity index (χ3n) is 9.88. The number of halogens is 2. The molecule has 2 atom stereocenters. The summed E-state index contributed by atoms with van der Waals surface area (Å²) in [5, 5.41) is 0. The van der Waals surface area contributed by atoms with Gasteiger partial charge in [0.25, 0.3) is 0 Å². The van der Waals surface area contributed by atoms with Gasteiger partial charge in [-0.1, -0.05) is 36.4 Å². The number of aryl methyl sites for hydroxylation is 2. The lowest BCUT2D eigenvalue weighted by atomic mass is 9.80. The Morgan fingerprint density at radius 2 is 1.06 bits per heavy atom. The Morgan fingerprint density at radius 3 is 1.44 bits per heavy atom. The second kappa shape index (κ2) is 17.1. The zero-order chi connectivity index (χ0) is 39.3. The Labute approximate surface area is 318 Å². The van der Waals surface area contributed by atoms with E-state index in [0.29, 0.717) is 43.2 Å². The van der Waals surface area contributed by atoms with Crippen molar-refractivity contribution < 1.29 is 39.9 Å². The maximum Gasteiger partial charge on any atom is 0.306 e. The maximum absolute atomic E-state index is 15.0. The summed E-state index contributed by atoms with van der Waals surface area (Å²) in [4.78, 5) is 23.6. The highest BCUT2D eigenvalue weighted by atomic mass is 32.2. The summed E-state index contributed by atoms with van der Waals surface area (Å²) in [6.07, 6.45) is 6.37. The molecular formula is C43H48F2O7S2. The molecule has 0 spiro atoms. The predicted octanol–water partition coefficient (Wildman–Crippen LogP) is 9.65. The van der Waals surface area contributed by atoms with Crippen LogP contribution in [-0.4, -0.2) is 34.2 Å². The molecule has 0 aliphatic heterocycles. The van der Waals surface area contributed by atoms with Crippen LogP contribution in [0.2, 0.25) is 0 Å². The number of hydrogen-bond acceptors (Lipinski definition) is 7. The molecule has 2 aliphatic rings. The maximum atomic E-state index is 15.0. The van der Waals surface area contributed by atoms with Crippen LogP contribution in [0.4, 0.5) is 8.78 Å². The Kier molecular flexibility index (Phi) is 12.9. The van der Waals surface area contributed by atoms with Crippen LogP contribution in [0.1, 0.15) is 113 Å². The molecule has 0 radical (unpaired) electrons. The first kappa shape index (κ1) is 41.0. The largest absolute Gasteiger partial charge is 0.460 e. The van der Waals surface area contributed by atoms with E-state index in [1.807, 2.05) is 20.8 Å². The van der Waals surface area contributed by atoms with Gasteiger partial charge in [0.05, 0.1) is 19.6 Å². The van der Waals surface area contributed by atoms with Gasteiger partial charge in [-0.05, 0) is 162 Å². The van der Waals surface area contributed by atoms with Crippen LogP contribution in [0.15, 0.2) is 105 Å². The molecule has 0 saturated heterocycles. The summed E-state index contributed by atoms with van der Waals surface area (Å²) < 4.78 is 86.5. The Hall–Kier alpha value is -4.22. The van der Waals surface area contributed by atoms with Gasteiger partial charge in [0, 0.05) is 12.8 Å². The van der Waals surface area contributed by atoms with E-state index in [9.17, 15) is 30.8 Å². The molecule has 0 amide bonds. The number of carbonyl (C=O) groups excluding carboxylic acids is 2. The molecule has 11 heteroatoms. The number of carbonyl (C=O) groups is 2. The molecule has 0 saturated carbocycles. The number of esters is 1. The summed E-state index contributed by atoms with van der Waals surface area (Å²) >= 11 is 0. The molecule has 0 unspecified atom stereocenters. The van der Waals surface area contributed by atoms with E-state index in [-0.39, 0.29) is 49.6 Å². The van der Waals surface area contributed by atoms with Gasteiger partial charge < -0.3 is 9.53 Å². The number of hydrogen-bond donors (Lipinski definition) is 0. The van der Waals surface area contributed by atoms with Crippen molar-refractivity contribution in [2.45, 2.75) is 129 Å². The first-order valence-electron chi connectivity index (χ1n) is 18.4. The molecule has 2 aliphatic carbocycles.